The molecule has 38 heavy (non-hydrogen) atoms. The number of ketones is 1. The topological polar surface area (TPSA) is 134 Å². The van der Waals surface area contributed by atoms with E-state index in [9.17, 15) is 19.6 Å². The molecule has 3 heterocycles. The van der Waals surface area contributed by atoms with Gasteiger partial charge in [0.15, 0.2) is 5.78 Å². The Morgan fingerprint density at radius 3 is 2.37 bits per heavy atom. The Labute approximate surface area is 222 Å². The Morgan fingerprint density at radius 2 is 1.79 bits per heavy atom. The van der Waals surface area contributed by atoms with Crippen molar-refractivity contribution in [3.8, 4) is 6.07 Å². The van der Waals surface area contributed by atoms with Crippen LogP contribution >= 0.6 is 0 Å². The van der Waals surface area contributed by atoms with E-state index in [4.69, 9.17) is 10.5 Å². The number of carbonyl (C=O) groups excluding carboxylic acids is 3. The minimum absolute atomic E-state index is 0.0178. The van der Waals surface area contributed by atoms with Crippen molar-refractivity contribution in [3.05, 3.63) is 77.7 Å². The number of rotatable bonds is 7. The zero-order valence-electron chi connectivity index (χ0n) is 21.7. The number of anilines is 1. The molecule has 200 valence electrons. The lowest BCUT2D eigenvalue weighted by molar-refractivity contribution is 0.0371. The molecule has 0 spiro atoms. The number of morpholine rings is 1. The van der Waals surface area contributed by atoms with Crippen LogP contribution in [-0.4, -0.2) is 71.5 Å². The van der Waals surface area contributed by atoms with Crippen LogP contribution in [0.2, 0.25) is 0 Å². The number of hydrogen-bond acceptors (Lipinski definition) is 6. The number of aromatic nitrogens is 1. The van der Waals surface area contributed by atoms with E-state index in [2.05, 4.69) is 29.4 Å². The molecule has 0 aliphatic carbocycles. The summed E-state index contributed by atoms with van der Waals surface area (Å²) in [5.41, 5.74) is 8.35. The van der Waals surface area contributed by atoms with E-state index in [-0.39, 0.29) is 29.5 Å². The average Bonchev–Trinajstić information content (AvgIpc) is 3.23. The average molecular weight is 519 g/mol. The Bertz CT molecular complexity index is 1240. The van der Waals surface area contributed by atoms with Crippen LogP contribution in [0.4, 0.5) is 10.5 Å². The van der Waals surface area contributed by atoms with Gasteiger partial charge in [-0.15, -0.1) is 13.2 Å². The number of primary amides is 1. The number of carbonyl (C=O) groups is 3. The number of nitrogens with zero attached hydrogens (tertiary/aromatic N) is 4. The number of ether oxygens (including phenoxy) is 1. The van der Waals surface area contributed by atoms with Crippen LogP contribution in [0.3, 0.4) is 0 Å². The van der Waals surface area contributed by atoms with Gasteiger partial charge in [0.05, 0.1) is 43.1 Å². The van der Waals surface area contributed by atoms with Gasteiger partial charge in [-0.25, -0.2) is 4.79 Å². The summed E-state index contributed by atoms with van der Waals surface area (Å²) in [5.74, 6) is -0.676. The van der Waals surface area contributed by atoms with Crippen LogP contribution < -0.4 is 11.1 Å². The molecule has 1 aromatic heterocycles. The normalized spacial score (nSPS) is 14.8. The highest BCUT2D eigenvalue weighted by molar-refractivity contribution is 5.99. The first-order valence-corrected chi connectivity index (χ1v) is 12.5. The summed E-state index contributed by atoms with van der Waals surface area (Å²) >= 11 is 0. The minimum atomic E-state index is -0.694. The van der Waals surface area contributed by atoms with Gasteiger partial charge in [0.1, 0.15) is 6.07 Å². The lowest BCUT2D eigenvalue weighted by atomic mass is 10.1. The zero-order valence-corrected chi connectivity index (χ0v) is 21.7. The Hall–Kier alpha value is -4.20. The van der Waals surface area contributed by atoms with Crippen LogP contribution in [0.25, 0.3) is 0 Å². The number of nitriles is 1. The van der Waals surface area contributed by atoms with Crippen molar-refractivity contribution >= 4 is 23.4 Å². The number of hydrogen-bond donors (Lipinski definition) is 2. The first-order valence-electron chi connectivity index (χ1n) is 12.5. The van der Waals surface area contributed by atoms with E-state index >= 15 is 0 Å². The molecule has 0 atom stereocenters. The van der Waals surface area contributed by atoms with Crippen LogP contribution in [0.5, 0.6) is 0 Å². The largest absolute Gasteiger partial charge is 0.379 e. The van der Waals surface area contributed by atoms with Crippen molar-refractivity contribution < 1.29 is 19.1 Å². The number of nitrogens with two attached hydrogens (primary N) is 1. The maximum Gasteiger partial charge on any atom is 0.322 e. The van der Waals surface area contributed by atoms with Gasteiger partial charge in [-0.05, 0) is 31.2 Å². The Kier molecular flexibility index (Phi) is 9.99. The highest BCUT2D eigenvalue weighted by Gasteiger charge is 2.31. The molecule has 0 bridgehead atoms. The second-order valence-electron chi connectivity index (χ2n) is 8.91. The first-order chi connectivity index (χ1) is 18.3. The molecule has 10 nitrogen and oxygen atoms in total. The number of benzene rings is 1. The molecule has 2 aliphatic rings. The molecule has 0 unspecified atom stereocenters. The summed E-state index contributed by atoms with van der Waals surface area (Å²) in [6.07, 6.45) is 3.84. The maximum absolute atomic E-state index is 12.9. The molecule has 2 aromatic rings. The van der Waals surface area contributed by atoms with Gasteiger partial charge in [0, 0.05) is 49.5 Å². The smallest absolute Gasteiger partial charge is 0.322 e. The van der Waals surface area contributed by atoms with Crippen LogP contribution in [-0.2, 0) is 24.2 Å². The van der Waals surface area contributed by atoms with Gasteiger partial charge in [0.2, 0.25) is 0 Å². The highest BCUT2D eigenvalue weighted by atomic mass is 16.5. The molecule has 3 amide bonds. The molecular formula is C28H34N6O4. The SMILES string of the molecule is C=CC.C=CCc1c(C#N)c(C(N)=O)c2n1CCN(C(=O)Nc1ccc(C(=O)CN3CCOCC3)cc1)C2. The van der Waals surface area contributed by atoms with Crippen molar-refractivity contribution in [2.24, 2.45) is 5.73 Å². The van der Waals surface area contributed by atoms with Gasteiger partial charge in [-0.3, -0.25) is 14.5 Å². The van der Waals surface area contributed by atoms with Crippen molar-refractivity contribution in [2.75, 3.05) is 44.7 Å². The number of urea groups is 1. The van der Waals surface area contributed by atoms with E-state index in [1.807, 2.05) is 11.5 Å². The minimum Gasteiger partial charge on any atom is -0.379 e. The number of Topliss-reactive ketones (excluding diaryl/α,β-unsaturated/α-hetero) is 1. The lowest BCUT2D eigenvalue weighted by Gasteiger charge is -2.30. The van der Waals surface area contributed by atoms with Crippen LogP contribution in [0, 0.1) is 11.3 Å². The maximum atomic E-state index is 12.9. The third-order valence-corrected chi connectivity index (χ3v) is 6.33. The Morgan fingerprint density at radius 1 is 1.13 bits per heavy atom. The number of nitrogens with one attached hydrogen (secondary N) is 1. The fraction of sp³-hybridized carbons (Fsp3) is 0.357. The van der Waals surface area contributed by atoms with Crippen molar-refractivity contribution in [1.29, 1.82) is 5.26 Å². The van der Waals surface area contributed by atoms with Crippen LogP contribution in [0.15, 0.2) is 49.6 Å². The quantitative estimate of drug-likeness (QED) is 0.428. The molecule has 1 fully saturated rings. The fourth-order valence-corrected chi connectivity index (χ4v) is 4.54. The molecule has 10 heteroatoms. The van der Waals surface area contributed by atoms with E-state index in [0.717, 1.165) is 13.1 Å². The molecule has 2 aliphatic heterocycles. The van der Waals surface area contributed by atoms with E-state index in [0.29, 0.717) is 61.9 Å². The standard InChI is InChI=1S/C25H28N6O4.C3H6/c1-2-3-20-19(14-26)23(24(27)33)21-15-30(8-9-31(20)21)25(34)28-18-6-4-17(5-7-18)22(32)16-29-10-12-35-13-11-29;1-3-2/h2,4-7H,1,3,8-13,15-16H2,(H2,27,33)(H,28,34);3H,1H2,2H3. The van der Waals surface area contributed by atoms with Gasteiger partial charge in [-0.1, -0.05) is 12.2 Å². The fourth-order valence-electron chi connectivity index (χ4n) is 4.54. The number of allylic oxidation sites excluding steroid dienone is 2. The third-order valence-electron chi connectivity index (χ3n) is 6.33. The summed E-state index contributed by atoms with van der Waals surface area (Å²) in [4.78, 5) is 41.3. The predicted octanol–water partition coefficient (Wildman–Crippen LogP) is 2.94. The summed E-state index contributed by atoms with van der Waals surface area (Å²) in [6, 6.07) is 8.54. The summed E-state index contributed by atoms with van der Waals surface area (Å²) in [7, 11) is 0. The molecule has 1 aromatic carbocycles. The van der Waals surface area contributed by atoms with Crippen LogP contribution in [0.1, 0.15) is 44.6 Å². The van der Waals surface area contributed by atoms with Gasteiger partial charge in [0.25, 0.3) is 5.91 Å². The summed E-state index contributed by atoms with van der Waals surface area (Å²) in [6.45, 7) is 13.0. The molecule has 3 N–H and O–H groups in total. The Balaban J connectivity index is 0.00000127. The van der Waals surface area contributed by atoms with E-state index in [1.54, 1.807) is 41.3 Å². The zero-order chi connectivity index (χ0) is 27.7. The number of amides is 3. The molecular weight excluding hydrogens is 484 g/mol. The summed E-state index contributed by atoms with van der Waals surface area (Å²) in [5, 5.41) is 12.5. The monoisotopic (exact) mass is 518 g/mol. The van der Waals surface area contributed by atoms with Crippen molar-refractivity contribution in [2.45, 2.75) is 26.4 Å². The van der Waals surface area contributed by atoms with Crippen molar-refractivity contribution in [3.63, 3.8) is 0 Å². The van der Waals surface area contributed by atoms with Gasteiger partial charge < -0.3 is 25.3 Å². The van der Waals surface area contributed by atoms with Gasteiger partial charge >= 0.3 is 6.03 Å². The van der Waals surface area contributed by atoms with Gasteiger partial charge in [-0.2, -0.15) is 5.26 Å². The second-order valence-corrected chi connectivity index (χ2v) is 8.91. The molecule has 1 saturated heterocycles. The highest BCUT2D eigenvalue weighted by Crippen LogP contribution is 2.28. The molecule has 0 saturated carbocycles. The first kappa shape index (κ1) is 28.4. The molecule has 4 rings (SSSR count). The lowest BCUT2D eigenvalue weighted by Crippen LogP contribution is -2.41. The number of fused-ring (bicyclic) bond motifs is 1. The second kappa shape index (κ2) is 13.4. The molecule has 0 radical (unpaired) electrons. The third kappa shape index (κ3) is 6.56. The summed E-state index contributed by atoms with van der Waals surface area (Å²) < 4.78 is 7.20. The van der Waals surface area contributed by atoms with Crippen molar-refractivity contribution in [1.82, 2.24) is 14.4 Å². The predicted molar refractivity (Wildman–Crippen MR) is 145 cm³/mol. The van der Waals surface area contributed by atoms with E-state index in [1.165, 1.54) is 0 Å². The van der Waals surface area contributed by atoms with E-state index < -0.39 is 5.91 Å².